The van der Waals surface area contributed by atoms with Gasteiger partial charge in [-0.25, -0.2) is 9.78 Å². The Hall–Kier alpha value is -1.78. The number of hydrogen-bond acceptors (Lipinski definition) is 4. The molecule has 0 bridgehead atoms. The van der Waals surface area contributed by atoms with Crippen molar-refractivity contribution in [1.29, 1.82) is 0 Å². The number of nitrogens with zero attached hydrogens (tertiary/aromatic N) is 1. The van der Waals surface area contributed by atoms with Crippen LogP contribution in [0.25, 0.3) is 0 Å². The highest BCUT2D eigenvalue weighted by atomic mass is 16.5. The molecule has 0 atom stereocenters. The van der Waals surface area contributed by atoms with Gasteiger partial charge >= 0.3 is 6.09 Å². The number of methoxy groups -OCH3 is 1. The molecule has 0 spiro atoms. The van der Waals surface area contributed by atoms with Crippen LogP contribution < -0.4 is 10.1 Å². The highest BCUT2D eigenvalue weighted by molar-refractivity contribution is 5.83. The van der Waals surface area contributed by atoms with Crippen molar-refractivity contribution >= 4 is 11.9 Å². The predicted octanol–water partition coefficient (Wildman–Crippen LogP) is 1.66. The predicted molar refractivity (Wildman–Crippen MR) is 51.4 cm³/mol. The summed E-state index contributed by atoms with van der Waals surface area (Å²) >= 11 is 0. The van der Waals surface area contributed by atoms with Crippen LogP contribution in [0.2, 0.25) is 0 Å². The second kappa shape index (κ2) is 5.06. The molecule has 0 saturated heterocycles. The maximum Gasteiger partial charge on any atom is 0.412 e. The van der Waals surface area contributed by atoms with Crippen LogP contribution in [0.15, 0.2) is 18.3 Å². The minimum absolute atomic E-state index is 0.335. The van der Waals surface area contributed by atoms with Gasteiger partial charge in [-0.2, -0.15) is 0 Å². The normalized spacial score (nSPS) is 9.29. The van der Waals surface area contributed by atoms with Crippen LogP contribution in [0.5, 0.6) is 5.75 Å². The molecule has 0 aromatic carbocycles. The summed E-state index contributed by atoms with van der Waals surface area (Å²) in [6.45, 7) is 2.07. The molecule has 0 aliphatic carbocycles. The topological polar surface area (TPSA) is 60.5 Å². The zero-order valence-corrected chi connectivity index (χ0v) is 8.11. The van der Waals surface area contributed by atoms with E-state index in [4.69, 9.17) is 4.74 Å². The summed E-state index contributed by atoms with van der Waals surface area (Å²) in [6, 6.07) is 3.34. The summed E-state index contributed by atoms with van der Waals surface area (Å²) < 4.78 is 9.60. The fraction of sp³-hybridized carbons (Fsp3) is 0.333. The largest absolute Gasteiger partial charge is 0.495 e. The summed E-state index contributed by atoms with van der Waals surface area (Å²) in [6.07, 6.45) is 1.01. The fourth-order valence-corrected chi connectivity index (χ4v) is 0.847. The zero-order chi connectivity index (χ0) is 10.4. The first-order valence-electron chi connectivity index (χ1n) is 4.20. The van der Waals surface area contributed by atoms with Gasteiger partial charge in [0.1, 0.15) is 11.6 Å². The van der Waals surface area contributed by atoms with E-state index in [-0.39, 0.29) is 0 Å². The summed E-state index contributed by atoms with van der Waals surface area (Å²) in [5.41, 5.74) is 0. The average Bonchev–Trinajstić information content (AvgIpc) is 2.19. The Morgan fingerprint density at radius 3 is 2.86 bits per heavy atom. The number of anilines is 1. The number of amides is 1. The summed E-state index contributed by atoms with van der Waals surface area (Å²) in [4.78, 5) is 14.9. The molecule has 1 heterocycles. The Morgan fingerprint density at radius 1 is 1.57 bits per heavy atom. The third-order valence-corrected chi connectivity index (χ3v) is 1.48. The first kappa shape index (κ1) is 10.3. The zero-order valence-electron chi connectivity index (χ0n) is 8.11. The van der Waals surface area contributed by atoms with E-state index in [1.165, 1.54) is 6.20 Å². The number of ether oxygens (including phenoxy) is 2. The maximum absolute atomic E-state index is 11.0. The number of aromatic nitrogens is 1. The van der Waals surface area contributed by atoms with E-state index in [1.54, 1.807) is 26.2 Å². The molecule has 0 fully saturated rings. The van der Waals surface area contributed by atoms with E-state index < -0.39 is 6.09 Å². The van der Waals surface area contributed by atoms with Gasteiger partial charge in [0.2, 0.25) is 0 Å². The summed E-state index contributed by atoms with van der Waals surface area (Å²) in [5.74, 6) is 1.07. The Labute approximate surface area is 82.0 Å². The van der Waals surface area contributed by atoms with Crippen molar-refractivity contribution in [1.82, 2.24) is 4.98 Å². The number of hydrogen-bond donors (Lipinski definition) is 1. The number of pyridine rings is 1. The standard InChI is InChI=1S/C9H12N2O3/c1-3-14-9(12)11-8-5-4-7(13-2)6-10-8/h4-6H,3H2,1-2H3,(H,10,11,12). The molecule has 0 aliphatic heterocycles. The maximum atomic E-state index is 11.0. The number of rotatable bonds is 3. The molecular formula is C9H12N2O3. The van der Waals surface area contributed by atoms with Gasteiger partial charge in [0.05, 0.1) is 19.9 Å². The first-order chi connectivity index (χ1) is 6.76. The second-order valence-corrected chi connectivity index (χ2v) is 2.43. The van der Waals surface area contributed by atoms with Gasteiger partial charge in [-0.05, 0) is 19.1 Å². The van der Waals surface area contributed by atoms with E-state index in [2.05, 4.69) is 15.0 Å². The van der Waals surface area contributed by atoms with Crippen LogP contribution in [0, 0.1) is 0 Å². The van der Waals surface area contributed by atoms with Crippen LogP contribution in [0.1, 0.15) is 6.92 Å². The first-order valence-corrected chi connectivity index (χ1v) is 4.20. The molecule has 0 radical (unpaired) electrons. The van der Waals surface area contributed by atoms with Gasteiger partial charge in [0.25, 0.3) is 0 Å². The molecule has 1 N–H and O–H groups in total. The van der Waals surface area contributed by atoms with Crippen molar-refractivity contribution in [3.63, 3.8) is 0 Å². The lowest BCUT2D eigenvalue weighted by atomic mass is 10.4. The molecule has 5 heteroatoms. The van der Waals surface area contributed by atoms with E-state index in [1.807, 2.05) is 0 Å². The Balaban J connectivity index is 2.55. The monoisotopic (exact) mass is 196 g/mol. The van der Waals surface area contributed by atoms with Crippen molar-refractivity contribution in [3.05, 3.63) is 18.3 Å². The van der Waals surface area contributed by atoms with E-state index in [9.17, 15) is 4.79 Å². The van der Waals surface area contributed by atoms with Crippen LogP contribution in [0.4, 0.5) is 10.6 Å². The van der Waals surface area contributed by atoms with Crippen molar-refractivity contribution in [2.45, 2.75) is 6.92 Å². The number of carbonyl (C=O) groups is 1. The highest BCUT2D eigenvalue weighted by Gasteiger charge is 2.02. The van der Waals surface area contributed by atoms with Gasteiger partial charge < -0.3 is 9.47 Å². The molecule has 0 aliphatic rings. The molecule has 1 aromatic heterocycles. The lowest BCUT2D eigenvalue weighted by Crippen LogP contribution is -2.14. The van der Waals surface area contributed by atoms with Crippen molar-refractivity contribution in [2.75, 3.05) is 19.0 Å². The van der Waals surface area contributed by atoms with Gasteiger partial charge in [-0.15, -0.1) is 0 Å². The van der Waals surface area contributed by atoms with Crippen LogP contribution >= 0.6 is 0 Å². The summed E-state index contributed by atoms with van der Waals surface area (Å²) in [5, 5.41) is 2.47. The lowest BCUT2D eigenvalue weighted by Gasteiger charge is -2.04. The molecule has 14 heavy (non-hydrogen) atoms. The van der Waals surface area contributed by atoms with E-state index >= 15 is 0 Å². The van der Waals surface area contributed by atoms with Crippen molar-refractivity contribution in [3.8, 4) is 5.75 Å². The molecular weight excluding hydrogens is 184 g/mol. The number of nitrogens with one attached hydrogen (secondary N) is 1. The Morgan fingerprint density at radius 2 is 2.36 bits per heavy atom. The van der Waals surface area contributed by atoms with Crippen LogP contribution in [-0.4, -0.2) is 24.8 Å². The van der Waals surface area contributed by atoms with Gasteiger partial charge in [0, 0.05) is 0 Å². The minimum Gasteiger partial charge on any atom is -0.495 e. The molecule has 1 amide bonds. The van der Waals surface area contributed by atoms with Crippen molar-refractivity contribution in [2.24, 2.45) is 0 Å². The summed E-state index contributed by atoms with van der Waals surface area (Å²) in [7, 11) is 1.55. The molecule has 1 rings (SSSR count). The average molecular weight is 196 g/mol. The molecule has 76 valence electrons. The van der Waals surface area contributed by atoms with Gasteiger partial charge in [0.15, 0.2) is 0 Å². The Bertz CT molecular complexity index is 297. The molecule has 0 saturated carbocycles. The molecule has 1 aromatic rings. The fourth-order valence-electron chi connectivity index (χ4n) is 0.847. The quantitative estimate of drug-likeness (QED) is 0.798. The molecule has 5 nitrogen and oxygen atoms in total. The number of carbonyl (C=O) groups excluding carboxylic acids is 1. The third-order valence-electron chi connectivity index (χ3n) is 1.48. The third kappa shape index (κ3) is 2.93. The Kier molecular flexibility index (Phi) is 3.72. The van der Waals surface area contributed by atoms with Gasteiger partial charge in [-0.3, -0.25) is 5.32 Å². The highest BCUT2D eigenvalue weighted by Crippen LogP contribution is 2.10. The van der Waals surface area contributed by atoms with E-state index in [0.29, 0.717) is 18.2 Å². The second-order valence-electron chi connectivity index (χ2n) is 2.43. The van der Waals surface area contributed by atoms with E-state index in [0.717, 1.165) is 0 Å². The van der Waals surface area contributed by atoms with Gasteiger partial charge in [-0.1, -0.05) is 0 Å². The SMILES string of the molecule is CCOC(=O)Nc1ccc(OC)cn1. The van der Waals surface area contributed by atoms with Crippen molar-refractivity contribution < 1.29 is 14.3 Å². The van der Waals surface area contributed by atoms with Crippen LogP contribution in [0.3, 0.4) is 0 Å². The minimum atomic E-state index is -0.509. The van der Waals surface area contributed by atoms with Crippen LogP contribution in [-0.2, 0) is 4.74 Å². The lowest BCUT2D eigenvalue weighted by molar-refractivity contribution is 0.168. The molecule has 0 unspecified atom stereocenters. The smallest absolute Gasteiger partial charge is 0.412 e.